The standard InChI is InChI=1S/C18H21BrN2O3S/c1-13-4-10-17(16(19)12-13)20-18(22)11-7-14-5-8-15(9-6-14)25(23,24)21(2)3/h4-6,8-10,12H,7,11H2,1-3H3,(H,20,22). The molecule has 0 aliphatic heterocycles. The Bertz CT molecular complexity index is 862. The second-order valence-corrected chi connectivity index (χ2v) is 8.97. The number of anilines is 1. The summed E-state index contributed by atoms with van der Waals surface area (Å²) in [5.41, 5.74) is 2.76. The van der Waals surface area contributed by atoms with Crippen molar-refractivity contribution in [3.05, 3.63) is 58.1 Å². The van der Waals surface area contributed by atoms with E-state index in [9.17, 15) is 13.2 Å². The third-order valence-electron chi connectivity index (χ3n) is 3.74. The molecule has 0 saturated carbocycles. The number of hydrogen-bond acceptors (Lipinski definition) is 3. The van der Waals surface area contributed by atoms with Gasteiger partial charge in [-0.2, -0.15) is 0 Å². The van der Waals surface area contributed by atoms with Crippen LogP contribution in [0.2, 0.25) is 0 Å². The first kappa shape index (κ1) is 19.6. The van der Waals surface area contributed by atoms with E-state index < -0.39 is 10.0 Å². The second kappa shape index (κ2) is 8.12. The smallest absolute Gasteiger partial charge is 0.242 e. The number of nitrogens with one attached hydrogen (secondary N) is 1. The molecule has 5 nitrogen and oxygen atoms in total. The van der Waals surface area contributed by atoms with E-state index in [1.54, 1.807) is 24.3 Å². The van der Waals surface area contributed by atoms with Crippen LogP contribution in [0.5, 0.6) is 0 Å². The van der Waals surface area contributed by atoms with E-state index in [0.717, 1.165) is 21.3 Å². The SMILES string of the molecule is Cc1ccc(NC(=O)CCc2ccc(S(=O)(=O)N(C)C)cc2)c(Br)c1. The lowest BCUT2D eigenvalue weighted by Gasteiger charge is -2.12. The van der Waals surface area contributed by atoms with Gasteiger partial charge in [0.15, 0.2) is 0 Å². The summed E-state index contributed by atoms with van der Waals surface area (Å²) in [5, 5.41) is 2.87. The van der Waals surface area contributed by atoms with Crippen molar-refractivity contribution in [1.82, 2.24) is 4.31 Å². The zero-order valence-electron chi connectivity index (χ0n) is 14.4. The van der Waals surface area contributed by atoms with Gasteiger partial charge in [0.25, 0.3) is 0 Å². The van der Waals surface area contributed by atoms with Crippen LogP contribution in [0.3, 0.4) is 0 Å². The Morgan fingerprint density at radius 1 is 1.12 bits per heavy atom. The predicted molar refractivity (Wildman–Crippen MR) is 103 cm³/mol. The zero-order valence-corrected chi connectivity index (χ0v) is 16.8. The van der Waals surface area contributed by atoms with Crippen molar-refractivity contribution < 1.29 is 13.2 Å². The lowest BCUT2D eigenvalue weighted by molar-refractivity contribution is -0.116. The average molecular weight is 425 g/mol. The van der Waals surface area contributed by atoms with E-state index in [1.165, 1.54) is 18.4 Å². The summed E-state index contributed by atoms with van der Waals surface area (Å²) in [7, 11) is -0.431. The highest BCUT2D eigenvalue weighted by Crippen LogP contribution is 2.23. The molecule has 1 amide bonds. The molecule has 0 saturated heterocycles. The highest BCUT2D eigenvalue weighted by molar-refractivity contribution is 9.10. The monoisotopic (exact) mass is 424 g/mol. The van der Waals surface area contributed by atoms with Gasteiger partial charge in [0.05, 0.1) is 10.6 Å². The first-order valence-electron chi connectivity index (χ1n) is 7.77. The summed E-state index contributed by atoms with van der Waals surface area (Å²) in [6, 6.07) is 12.4. The van der Waals surface area contributed by atoms with Gasteiger partial charge in [-0.05, 0) is 64.7 Å². The minimum absolute atomic E-state index is 0.0884. The Kier molecular flexibility index (Phi) is 6.37. The van der Waals surface area contributed by atoms with Crippen LogP contribution in [0.4, 0.5) is 5.69 Å². The molecule has 2 rings (SSSR count). The van der Waals surface area contributed by atoms with E-state index >= 15 is 0 Å². The van der Waals surface area contributed by atoms with Crippen molar-refractivity contribution >= 4 is 37.5 Å². The lowest BCUT2D eigenvalue weighted by atomic mass is 10.1. The fourth-order valence-corrected chi connectivity index (χ4v) is 3.73. The Hall–Kier alpha value is -1.70. The number of halogens is 1. The molecule has 1 N–H and O–H groups in total. The summed E-state index contributed by atoms with van der Waals surface area (Å²) in [4.78, 5) is 12.3. The number of aryl methyl sites for hydroxylation is 2. The van der Waals surface area contributed by atoms with Crippen LogP contribution in [-0.4, -0.2) is 32.7 Å². The number of hydrogen-bond donors (Lipinski definition) is 1. The third kappa shape index (κ3) is 5.14. The van der Waals surface area contributed by atoms with Crippen LogP contribution in [0.1, 0.15) is 17.5 Å². The Morgan fingerprint density at radius 2 is 1.76 bits per heavy atom. The Morgan fingerprint density at radius 3 is 2.32 bits per heavy atom. The molecule has 0 aromatic heterocycles. The molecular weight excluding hydrogens is 404 g/mol. The van der Waals surface area contributed by atoms with Gasteiger partial charge >= 0.3 is 0 Å². The topological polar surface area (TPSA) is 66.5 Å². The maximum atomic E-state index is 12.1. The normalized spacial score (nSPS) is 11.6. The molecule has 0 spiro atoms. The van der Waals surface area contributed by atoms with Crippen LogP contribution in [-0.2, 0) is 21.2 Å². The summed E-state index contributed by atoms with van der Waals surface area (Å²) in [6.07, 6.45) is 0.859. The van der Waals surface area contributed by atoms with Gasteiger partial charge in [-0.3, -0.25) is 4.79 Å². The van der Waals surface area contributed by atoms with Crippen LogP contribution in [0, 0.1) is 6.92 Å². The van der Waals surface area contributed by atoms with Crippen LogP contribution >= 0.6 is 15.9 Å². The van der Waals surface area contributed by atoms with Crippen molar-refractivity contribution in [1.29, 1.82) is 0 Å². The number of sulfonamides is 1. The number of rotatable bonds is 6. The van der Waals surface area contributed by atoms with Gasteiger partial charge in [0.1, 0.15) is 0 Å². The maximum Gasteiger partial charge on any atom is 0.242 e. The van der Waals surface area contributed by atoms with Gasteiger partial charge in [-0.1, -0.05) is 18.2 Å². The number of amides is 1. The Balaban J connectivity index is 1.96. The minimum Gasteiger partial charge on any atom is -0.325 e. The average Bonchev–Trinajstić information content (AvgIpc) is 2.56. The fraction of sp³-hybridized carbons (Fsp3) is 0.278. The molecule has 0 unspecified atom stereocenters. The van der Waals surface area contributed by atoms with E-state index in [4.69, 9.17) is 0 Å². The number of carbonyl (C=O) groups is 1. The first-order chi connectivity index (χ1) is 11.7. The van der Waals surface area contributed by atoms with E-state index in [1.807, 2.05) is 25.1 Å². The van der Waals surface area contributed by atoms with Crippen molar-refractivity contribution in [2.24, 2.45) is 0 Å². The molecule has 0 bridgehead atoms. The van der Waals surface area contributed by atoms with Crippen molar-refractivity contribution in [3.8, 4) is 0 Å². The molecule has 2 aromatic rings. The van der Waals surface area contributed by atoms with Crippen LogP contribution in [0.15, 0.2) is 51.8 Å². The van der Waals surface area contributed by atoms with Gasteiger partial charge in [0, 0.05) is 25.0 Å². The van der Waals surface area contributed by atoms with E-state index in [-0.39, 0.29) is 10.8 Å². The van der Waals surface area contributed by atoms with E-state index in [2.05, 4.69) is 21.2 Å². The summed E-state index contributed by atoms with van der Waals surface area (Å²) in [6.45, 7) is 1.98. The maximum absolute atomic E-state index is 12.1. The van der Waals surface area contributed by atoms with Crippen LogP contribution < -0.4 is 5.32 Å². The second-order valence-electron chi connectivity index (χ2n) is 5.96. The molecule has 134 valence electrons. The van der Waals surface area contributed by atoms with Crippen LogP contribution in [0.25, 0.3) is 0 Å². The highest BCUT2D eigenvalue weighted by Gasteiger charge is 2.16. The molecule has 7 heteroatoms. The largest absolute Gasteiger partial charge is 0.325 e. The zero-order chi connectivity index (χ0) is 18.6. The van der Waals surface area contributed by atoms with Crippen molar-refractivity contribution in [2.45, 2.75) is 24.7 Å². The highest BCUT2D eigenvalue weighted by atomic mass is 79.9. The molecule has 0 heterocycles. The summed E-state index contributed by atoms with van der Waals surface area (Å²) >= 11 is 3.43. The van der Waals surface area contributed by atoms with Gasteiger partial charge < -0.3 is 5.32 Å². The predicted octanol–water partition coefficient (Wildman–Crippen LogP) is 3.58. The van der Waals surface area contributed by atoms with Crippen molar-refractivity contribution in [3.63, 3.8) is 0 Å². The summed E-state index contributed by atoms with van der Waals surface area (Å²) in [5.74, 6) is -0.0884. The molecular formula is C18H21BrN2O3S. The lowest BCUT2D eigenvalue weighted by Crippen LogP contribution is -2.22. The van der Waals surface area contributed by atoms with E-state index in [0.29, 0.717) is 12.8 Å². The minimum atomic E-state index is -3.43. The first-order valence-corrected chi connectivity index (χ1v) is 10.0. The molecule has 0 atom stereocenters. The number of nitrogens with zero attached hydrogens (tertiary/aromatic N) is 1. The van der Waals surface area contributed by atoms with Gasteiger partial charge in [0.2, 0.25) is 15.9 Å². The number of carbonyl (C=O) groups excluding carboxylic acids is 1. The Labute approximate surface area is 157 Å². The molecule has 0 radical (unpaired) electrons. The molecule has 2 aromatic carbocycles. The molecule has 25 heavy (non-hydrogen) atoms. The molecule has 0 aliphatic carbocycles. The van der Waals surface area contributed by atoms with Gasteiger partial charge in [-0.25, -0.2) is 12.7 Å². The molecule has 0 fully saturated rings. The van der Waals surface area contributed by atoms with Crippen molar-refractivity contribution in [2.75, 3.05) is 19.4 Å². The summed E-state index contributed by atoms with van der Waals surface area (Å²) < 4.78 is 26.1. The number of benzene rings is 2. The molecule has 0 aliphatic rings. The quantitative estimate of drug-likeness (QED) is 0.770. The third-order valence-corrected chi connectivity index (χ3v) is 6.23. The fourth-order valence-electron chi connectivity index (χ4n) is 2.23. The van der Waals surface area contributed by atoms with Gasteiger partial charge in [-0.15, -0.1) is 0 Å².